The van der Waals surface area contributed by atoms with E-state index in [9.17, 15) is 13.6 Å². The lowest BCUT2D eigenvalue weighted by Gasteiger charge is -2.40. The fourth-order valence-corrected chi connectivity index (χ4v) is 4.56. The molecule has 1 aliphatic heterocycles. The molecular formula is C25H24F2NO+. The van der Waals surface area contributed by atoms with Gasteiger partial charge in [0.25, 0.3) is 0 Å². The minimum Gasteiger partial charge on any atom is -0.242 e. The first-order valence-electron chi connectivity index (χ1n) is 9.99. The van der Waals surface area contributed by atoms with E-state index in [2.05, 4.69) is 0 Å². The second kappa shape index (κ2) is 8.26. The van der Waals surface area contributed by atoms with Crippen LogP contribution in [0.4, 0.5) is 8.78 Å². The molecule has 2 nitrogen and oxygen atoms in total. The van der Waals surface area contributed by atoms with E-state index in [0.717, 1.165) is 16.7 Å². The van der Waals surface area contributed by atoms with Gasteiger partial charge in [-0.15, -0.1) is 0 Å². The summed E-state index contributed by atoms with van der Waals surface area (Å²) in [6.07, 6.45) is -2.25. The van der Waals surface area contributed by atoms with Gasteiger partial charge in [-0.1, -0.05) is 78.9 Å². The van der Waals surface area contributed by atoms with Gasteiger partial charge in [0.1, 0.15) is 12.6 Å². The third-order valence-electron chi connectivity index (χ3n) is 5.81. The first-order valence-corrected chi connectivity index (χ1v) is 9.99. The van der Waals surface area contributed by atoms with Crippen molar-refractivity contribution in [2.45, 2.75) is 31.9 Å². The van der Waals surface area contributed by atoms with E-state index in [1.807, 2.05) is 84.9 Å². The Morgan fingerprint density at radius 1 is 0.793 bits per heavy atom. The maximum Gasteiger partial charge on any atom is 0.347 e. The highest BCUT2D eigenvalue weighted by atomic mass is 19.3. The number of benzene rings is 3. The molecule has 1 atom stereocenters. The standard InChI is InChI=1S/C25H24F2NO/c26-23(27)16-9-17-28(18-21-14-7-8-15-22(21)25(28)29)24(19-10-3-1-4-11-19)20-12-5-2-6-13-20/h1-8,10-15,23-24H,9,16-18H2/q+1. The van der Waals surface area contributed by atoms with Crippen LogP contribution >= 0.6 is 0 Å². The Kier molecular flexibility index (Phi) is 5.54. The summed E-state index contributed by atoms with van der Waals surface area (Å²) in [6.45, 7) is 0.902. The van der Waals surface area contributed by atoms with Gasteiger partial charge in [0, 0.05) is 29.5 Å². The van der Waals surface area contributed by atoms with Crippen LogP contribution in [-0.4, -0.2) is 23.4 Å². The van der Waals surface area contributed by atoms with Gasteiger partial charge in [0.15, 0.2) is 0 Å². The normalized spacial score (nSPS) is 18.4. The largest absolute Gasteiger partial charge is 0.347 e. The number of amides is 1. The average Bonchev–Trinajstić information content (AvgIpc) is 3.02. The number of quaternary nitrogens is 1. The first kappa shape index (κ1) is 19.5. The minimum atomic E-state index is -2.36. The zero-order valence-electron chi connectivity index (χ0n) is 16.2. The van der Waals surface area contributed by atoms with Crippen LogP contribution in [0.25, 0.3) is 0 Å². The maximum absolute atomic E-state index is 13.8. The second-order valence-corrected chi connectivity index (χ2v) is 7.64. The van der Waals surface area contributed by atoms with Gasteiger partial charge < -0.3 is 0 Å². The molecule has 4 rings (SSSR count). The van der Waals surface area contributed by atoms with Crippen LogP contribution in [-0.2, 0) is 6.54 Å². The number of carbonyl (C=O) groups is 1. The molecule has 0 saturated heterocycles. The van der Waals surface area contributed by atoms with Crippen molar-refractivity contribution < 1.29 is 18.1 Å². The highest BCUT2D eigenvalue weighted by Gasteiger charge is 2.51. The van der Waals surface area contributed by atoms with E-state index in [1.165, 1.54) is 0 Å². The molecule has 0 aromatic heterocycles. The number of carbonyl (C=O) groups excluding carboxylic acids is 1. The predicted octanol–water partition coefficient (Wildman–Crippen LogP) is 5.99. The fourth-order valence-electron chi connectivity index (χ4n) is 4.56. The molecule has 0 saturated carbocycles. The summed E-state index contributed by atoms with van der Waals surface area (Å²) < 4.78 is 26.0. The lowest BCUT2D eigenvalue weighted by atomic mass is 9.94. The van der Waals surface area contributed by atoms with Crippen molar-refractivity contribution in [1.82, 2.24) is 0 Å². The monoisotopic (exact) mass is 392 g/mol. The molecule has 0 spiro atoms. The molecule has 1 aliphatic rings. The smallest absolute Gasteiger partial charge is 0.242 e. The quantitative estimate of drug-likeness (QED) is 0.451. The van der Waals surface area contributed by atoms with E-state index < -0.39 is 6.43 Å². The van der Waals surface area contributed by atoms with E-state index in [1.54, 1.807) is 0 Å². The van der Waals surface area contributed by atoms with Gasteiger partial charge in [-0.05, 0) is 6.07 Å². The number of halogens is 2. The van der Waals surface area contributed by atoms with Crippen molar-refractivity contribution in [2.75, 3.05) is 6.54 Å². The summed E-state index contributed by atoms with van der Waals surface area (Å²) in [5, 5.41) is 0. The van der Waals surface area contributed by atoms with Gasteiger partial charge in [0.2, 0.25) is 6.43 Å². The Bertz CT molecular complexity index is 935. The molecule has 0 bridgehead atoms. The average molecular weight is 392 g/mol. The Hall–Kier alpha value is -2.85. The van der Waals surface area contributed by atoms with E-state index in [0.29, 0.717) is 25.1 Å². The van der Waals surface area contributed by atoms with Gasteiger partial charge in [0.05, 0.1) is 12.1 Å². The number of hydrogen-bond acceptors (Lipinski definition) is 1. The van der Waals surface area contributed by atoms with Crippen LogP contribution in [0.3, 0.4) is 0 Å². The van der Waals surface area contributed by atoms with Gasteiger partial charge in [-0.25, -0.2) is 18.1 Å². The molecule has 0 radical (unpaired) electrons. The molecule has 0 fully saturated rings. The van der Waals surface area contributed by atoms with Gasteiger partial charge in [-0.2, -0.15) is 0 Å². The third-order valence-corrected chi connectivity index (χ3v) is 5.81. The molecule has 0 N–H and O–H groups in total. The molecule has 3 aromatic carbocycles. The highest BCUT2D eigenvalue weighted by molar-refractivity contribution is 5.93. The molecule has 3 aromatic rings. The van der Waals surface area contributed by atoms with Crippen LogP contribution in [0.1, 0.15) is 45.9 Å². The summed E-state index contributed by atoms with van der Waals surface area (Å²) in [7, 11) is 0. The van der Waals surface area contributed by atoms with Crippen LogP contribution < -0.4 is 0 Å². The molecule has 1 amide bonds. The van der Waals surface area contributed by atoms with E-state index in [4.69, 9.17) is 0 Å². The fraction of sp³-hybridized carbons (Fsp3) is 0.240. The van der Waals surface area contributed by atoms with E-state index >= 15 is 0 Å². The molecule has 29 heavy (non-hydrogen) atoms. The van der Waals surface area contributed by atoms with Crippen molar-refractivity contribution >= 4 is 5.91 Å². The Morgan fingerprint density at radius 3 is 1.90 bits per heavy atom. The van der Waals surface area contributed by atoms with Gasteiger partial charge in [-0.3, -0.25) is 0 Å². The van der Waals surface area contributed by atoms with Crippen molar-refractivity contribution in [3.63, 3.8) is 0 Å². The Morgan fingerprint density at radius 2 is 1.34 bits per heavy atom. The minimum absolute atomic E-state index is 0.0209. The summed E-state index contributed by atoms with van der Waals surface area (Å²) in [5.74, 6) is 0.0209. The third kappa shape index (κ3) is 3.73. The summed E-state index contributed by atoms with van der Waals surface area (Å²) in [5.41, 5.74) is 3.75. The number of nitrogens with zero attached hydrogens (tertiary/aromatic N) is 1. The maximum atomic E-state index is 13.8. The van der Waals surface area contributed by atoms with Crippen LogP contribution in [0, 0.1) is 0 Å². The molecule has 1 heterocycles. The molecule has 1 unspecified atom stereocenters. The van der Waals surface area contributed by atoms with Crippen LogP contribution in [0.5, 0.6) is 0 Å². The summed E-state index contributed by atoms with van der Waals surface area (Å²) in [6, 6.07) is 27.3. The zero-order valence-corrected chi connectivity index (χ0v) is 16.2. The second-order valence-electron chi connectivity index (χ2n) is 7.64. The SMILES string of the molecule is O=C1c2ccccc2C[N+]1(CCCC(F)F)C(c1ccccc1)c1ccccc1. The lowest BCUT2D eigenvalue weighted by molar-refractivity contribution is -0.884. The highest BCUT2D eigenvalue weighted by Crippen LogP contribution is 2.43. The Balaban J connectivity index is 1.85. The van der Waals surface area contributed by atoms with Crippen molar-refractivity contribution in [1.29, 1.82) is 0 Å². The molecule has 4 heteroatoms. The van der Waals surface area contributed by atoms with Crippen molar-refractivity contribution in [3.05, 3.63) is 107 Å². The number of rotatable bonds is 7. The number of fused-ring (bicyclic) bond motifs is 1. The van der Waals surface area contributed by atoms with Crippen molar-refractivity contribution in [2.24, 2.45) is 0 Å². The number of alkyl halides is 2. The summed E-state index contributed by atoms with van der Waals surface area (Å²) in [4.78, 5) is 13.8. The number of hydrogen-bond donors (Lipinski definition) is 0. The zero-order chi connectivity index (χ0) is 20.3. The van der Waals surface area contributed by atoms with Crippen molar-refractivity contribution in [3.8, 4) is 0 Å². The lowest BCUT2D eigenvalue weighted by Crippen LogP contribution is -2.52. The van der Waals surface area contributed by atoms with E-state index in [-0.39, 0.29) is 22.9 Å². The summed E-state index contributed by atoms with van der Waals surface area (Å²) >= 11 is 0. The molecule has 0 aliphatic carbocycles. The predicted molar refractivity (Wildman–Crippen MR) is 110 cm³/mol. The Labute approximate surface area is 170 Å². The van der Waals surface area contributed by atoms with Crippen LogP contribution in [0.2, 0.25) is 0 Å². The van der Waals surface area contributed by atoms with Gasteiger partial charge >= 0.3 is 5.91 Å². The topological polar surface area (TPSA) is 17.1 Å². The first-order chi connectivity index (χ1) is 14.1. The molecule has 148 valence electrons. The molecular weight excluding hydrogens is 368 g/mol. The van der Waals surface area contributed by atoms with Crippen LogP contribution in [0.15, 0.2) is 84.9 Å².